The van der Waals surface area contributed by atoms with Crippen molar-refractivity contribution in [2.24, 2.45) is 5.92 Å². The van der Waals surface area contributed by atoms with Gasteiger partial charge in [0.2, 0.25) is 0 Å². The van der Waals surface area contributed by atoms with Crippen molar-refractivity contribution in [3.63, 3.8) is 0 Å². The molecule has 0 bridgehead atoms. The molecule has 0 aliphatic carbocycles. The minimum absolute atomic E-state index is 0.104. The van der Waals surface area contributed by atoms with E-state index in [2.05, 4.69) is 35.1 Å². The summed E-state index contributed by atoms with van der Waals surface area (Å²) in [6.07, 6.45) is 1.85. The molecule has 1 aromatic carbocycles. The molecule has 0 radical (unpaired) electrons. The SMILES string of the molecule is CNC(C)CC(C)Cc1cc(Br)ccc1F. The quantitative estimate of drug-likeness (QED) is 0.869. The lowest BCUT2D eigenvalue weighted by molar-refractivity contribution is 0.434. The van der Waals surface area contributed by atoms with E-state index in [1.807, 2.05) is 13.1 Å². The number of nitrogens with one attached hydrogen (secondary N) is 1. The van der Waals surface area contributed by atoms with Gasteiger partial charge in [-0.25, -0.2) is 4.39 Å². The fourth-order valence-corrected chi connectivity index (χ4v) is 2.29. The van der Waals surface area contributed by atoms with E-state index in [1.54, 1.807) is 6.07 Å². The molecule has 0 fully saturated rings. The molecule has 0 heterocycles. The topological polar surface area (TPSA) is 12.0 Å². The van der Waals surface area contributed by atoms with Crippen LogP contribution in [0.4, 0.5) is 4.39 Å². The summed E-state index contributed by atoms with van der Waals surface area (Å²) in [5.41, 5.74) is 0.796. The van der Waals surface area contributed by atoms with Crippen molar-refractivity contribution in [3.8, 4) is 0 Å². The van der Waals surface area contributed by atoms with E-state index in [0.717, 1.165) is 22.9 Å². The standard InChI is InChI=1S/C13H19BrFN/c1-9(6-10(2)16-3)7-11-8-12(14)4-5-13(11)15/h4-5,8-10,16H,6-7H2,1-3H3. The van der Waals surface area contributed by atoms with Gasteiger partial charge in [0, 0.05) is 10.5 Å². The minimum atomic E-state index is -0.104. The van der Waals surface area contributed by atoms with E-state index >= 15 is 0 Å². The highest BCUT2D eigenvalue weighted by Gasteiger charge is 2.11. The molecule has 1 aromatic rings. The molecular formula is C13H19BrFN. The number of halogens is 2. The van der Waals surface area contributed by atoms with Crippen LogP contribution < -0.4 is 5.32 Å². The number of rotatable bonds is 5. The van der Waals surface area contributed by atoms with Crippen LogP contribution in [0.25, 0.3) is 0 Å². The summed E-state index contributed by atoms with van der Waals surface area (Å²) in [6.45, 7) is 4.31. The molecule has 0 spiro atoms. The number of hydrogen-bond acceptors (Lipinski definition) is 1. The van der Waals surface area contributed by atoms with Crippen LogP contribution in [0.5, 0.6) is 0 Å². The molecule has 0 aliphatic rings. The van der Waals surface area contributed by atoms with E-state index < -0.39 is 0 Å². The summed E-state index contributed by atoms with van der Waals surface area (Å²) < 4.78 is 14.5. The molecule has 2 atom stereocenters. The zero-order valence-electron chi connectivity index (χ0n) is 10.1. The van der Waals surface area contributed by atoms with Crippen molar-refractivity contribution in [2.75, 3.05) is 7.05 Å². The Morgan fingerprint density at radius 2 is 2.06 bits per heavy atom. The lowest BCUT2D eigenvalue weighted by Crippen LogP contribution is -2.24. The molecule has 90 valence electrons. The third-order valence-corrected chi connectivity index (χ3v) is 3.32. The average Bonchev–Trinajstić information content (AvgIpc) is 2.23. The molecule has 2 unspecified atom stereocenters. The van der Waals surface area contributed by atoms with E-state index in [1.165, 1.54) is 6.07 Å². The molecule has 0 aromatic heterocycles. The Labute approximate surface area is 106 Å². The number of benzene rings is 1. The van der Waals surface area contributed by atoms with Crippen LogP contribution in [0.2, 0.25) is 0 Å². The Bertz CT molecular complexity index is 341. The van der Waals surface area contributed by atoms with Gasteiger partial charge >= 0.3 is 0 Å². The van der Waals surface area contributed by atoms with Crippen LogP contribution in [-0.4, -0.2) is 13.1 Å². The minimum Gasteiger partial charge on any atom is -0.317 e. The fourth-order valence-electron chi connectivity index (χ4n) is 1.88. The summed E-state index contributed by atoms with van der Waals surface area (Å²) >= 11 is 3.37. The van der Waals surface area contributed by atoms with Crippen LogP contribution in [0.3, 0.4) is 0 Å². The predicted octanol–water partition coefficient (Wildman–Crippen LogP) is 3.76. The van der Waals surface area contributed by atoms with Gasteiger partial charge in [0.25, 0.3) is 0 Å². The lowest BCUT2D eigenvalue weighted by atomic mass is 9.95. The summed E-state index contributed by atoms with van der Waals surface area (Å²) in [5.74, 6) is 0.374. The van der Waals surface area contributed by atoms with Crippen LogP contribution in [0.15, 0.2) is 22.7 Å². The fraction of sp³-hybridized carbons (Fsp3) is 0.538. The van der Waals surface area contributed by atoms with Gasteiger partial charge in [-0.05, 0) is 56.5 Å². The summed E-state index contributed by atoms with van der Waals surface area (Å²) in [6, 6.07) is 5.61. The molecule has 1 N–H and O–H groups in total. The van der Waals surface area contributed by atoms with Crippen molar-refractivity contribution in [2.45, 2.75) is 32.7 Å². The molecule has 0 saturated heterocycles. The zero-order valence-corrected chi connectivity index (χ0v) is 11.6. The third kappa shape index (κ3) is 4.22. The molecular weight excluding hydrogens is 269 g/mol. The van der Waals surface area contributed by atoms with Gasteiger partial charge in [-0.3, -0.25) is 0 Å². The maximum absolute atomic E-state index is 13.5. The van der Waals surface area contributed by atoms with Crippen molar-refractivity contribution >= 4 is 15.9 Å². The molecule has 16 heavy (non-hydrogen) atoms. The first-order chi connectivity index (χ1) is 7.52. The third-order valence-electron chi connectivity index (χ3n) is 2.82. The Kier molecular flexibility index (Phi) is 5.42. The second-order valence-electron chi connectivity index (χ2n) is 4.47. The van der Waals surface area contributed by atoms with E-state index in [9.17, 15) is 4.39 Å². The monoisotopic (exact) mass is 287 g/mol. The Balaban J connectivity index is 2.61. The smallest absolute Gasteiger partial charge is 0.126 e. The van der Waals surface area contributed by atoms with Crippen LogP contribution in [-0.2, 0) is 6.42 Å². The molecule has 0 aliphatic heterocycles. The van der Waals surface area contributed by atoms with Crippen molar-refractivity contribution in [1.82, 2.24) is 5.32 Å². The van der Waals surface area contributed by atoms with Crippen molar-refractivity contribution < 1.29 is 4.39 Å². The zero-order chi connectivity index (χ0) is 12.1. The molecule has 1 rings (SSSR count). The van der Waals surface area contributed by atoms with Gasteiger partial charge in [-0.15, -0.1) is 0 Å². The van der Waals surface area contributed by atoms with E-state index in [4.69, 9.17) is 0 Å². The van der Waals surface area contributed by atoms with Crippen molar-refractivity contribution in [3.05, 3.63) is 34.1 Å². The highest BCUT2D eigenvalue weighted by atomic mass is 79.9. The van der Waals surface area contributed by atoms with Gasteiger partial charge in [-0.2, -0.15) is 0 Å². The van der Waals surface area contributed by atoms with Crippen LogP contribution >= 0.6 is 15.9 Å². The van der Waals surface area contributed by atoms with Crippen molar-refractivity contribution in [1.29, 1.82) is 0 Å². The van der Waals surface area contributed by atoms with E-state index in [0.29, 0.717) is 12.0 Å². The molecule has 1 nitrogen and oxygen atoms in total. The second-order valence-corrected chi connectivity index (χ2v) is 5.39. The van der Waals surface area contributed by atoms with Gasteiger partial charge in [0.15, 0.2) is 0 Å². The highest BCUT2D eigenvalue weighted by molar-refractivity contribution is 9.10. The van der Waals surface area contributed by atoms with Gasteiger partial charge < -0.3 is 5.32 Å². The lowest BCUT2D eigenvalue weighted by Gasteiger charge is -2.17. The first-order valence-corrected chi connectivity index (χ1v) is 6.43. The Hall–Kier alpha value is -0.410. The average molecular weight is 288 g/mol. The summed E-state index contributed by atoms with van der Waals surface area (Å²) in [5, 5.41) is 3.20. The first-order valence-electron chi connectivity index (χ1n) is 5.64. The predicted molar refractivity (Wildman–Crippen MR) is 70.1 cm³/mol. The summed E-state index contributed by atoms with van der Waals surface area (Å²) in [7, 11) is 1.96. The number of hydrogen-bond donors (Lipinski definition) is 1. The van der Waals surface area contributed by atoms with Crippen LogP contribution in [0, 0.1) is 11.7 Å². The second kappa shape index (κ2) is 6.36. The largest absolute Gasteiger partial charge is 0.317 e. The van der Waals surface area contributed by atoms with Crippen LogP contribution in [0.1, 0.15) is 25.8 Å². The molecule has 0 amide bonds. The maximum atomic E-state index is 13.5. The summed E-state index contributed by atoms with van der Waals surface area (Å²) in [4.78, 5) is 0. The normalized spacial score (nSPS) is 14.8. The Morgan fingerprint density at radius 3 is 2.69 bits per heavy atom. The Morgan fingerprint density at radius 1 is 1.38 bits per heavy atom. The molecule has 3 heteroatoms. The van der Waals surface area contributed by atoms with E-state index in [-0.39, 0.29) is 5.82 Å². The highest BCUT2D eigenvalue weighted by Crippen LogP contribution is 2.20. The maximum Gasteiger partial charge on any atom is 0.126 e. The van der Waals surface area contributed by atoms with Gasteiger partial charge in [-0.1, -0.05) is 22.9 Å². The van der Waals surface area contributed by atoms with Gasteiger partial charge in [0.05, 0.1) is 0 Å². The van der Waals surface area contributed by atoms with Gasteiger partial charge in [0.1, 0.15) is 5.82 Å². The first kappa shape index (κ1) is 13.7. The molecule has 0 saturated carbocycles.